The van der Waals surface area contributed by atoms with Gasteiger partial charge in [0.25, 0.3) is 5.91 Å². The predicted molar refractivity (Wildman–Crippen MR) is 120 cm³/mol. The number of hydrogen-bond acceptors (Lipinski definition) is 4. The molecule has 154 valence electrons. The maximum absolute atomic E-state index is 12.4. The Balaban J connectivity index is 1.41. The summed E-state index contributed by atoms with van der Waals surface area (Å²) in [6.07, 6.45) is 0.669. The molecule has 4 aromatic carbocycles. The Labute approximate surface area is 179 Å². The van der Waals surface area contributed by atoms with Crippen molar-refractivity contribution >= 4 is 28.3 Å². The molecule has 4 rings (SSSR count). The fourth-order valence-corrected chi connectivity index (χ4v) is 3.43. The number of carbonyl (C=O) groups is 2. The molecule has 0 fully saturated rings. The molecule has 5 heteroatoms. The molecule has 2 N–H and O–H groups in total. The van der Waals surface area contributed by atoms with Crippen LogP contribution in [0.3, 0.4) is 0 Å². The molecule has 0 radical (unpaired) electrons. The van der Waals surface area contributed by atoms with E-state index < -0.39 is 18.5 Å². The van der Waals surface area contributed by atoms with Gasteiger partial charge in [-0.3, -0.25) is 4.79 Å². The molecule has 0 aliphatic rings. The zero-order valence-corrected chi connectivity index (χ0v) is 16.7. The van der Waals surface area contributed by atoms with Gasteiger partial charge >= 0.3 is 5.97 Å². The fourth-order valence-electron chi connectivity index (χ4n) is 3.43. The van der Waals surface area contributed by atoms with Crippen molar-refractivity contribution in [3.63, 3.8) is 0 Å². The van der Waals surface area contributed by atoms with Gasteiger partial charge in [-0.2, -0.15) is 0 Å². The van der Waals surface area contributed by atoms with Gasteiger partial charge in [0.15, 0.2) is 6.61 Å². The summed E-state index contributed by atoms with van der Waals surface area (Å²) in [6.45, 7) is -0.454. The third kappa shape index (κ3) is 4.73. The topological polar surface area (TPSA) is 75.6 Å². The van der Waals surface area contributed by atoms with Crippen LogP contribution in [0.15, 0.2) is 91.0 Å². The van der Waals surface area contributed by atoms with Gasteiger partial charge in [-0.1, -0.05) is 78.9 Å². The zero-order valence-electron chi connectivity index (χ0n) is 16.7. The molecule has 31 heavy (non-hydrogen) atoms. The third-order valence-corrected chi connectivity index (χ3v) is 4.98. The number of anilines is 1. The molecule has 0 saturated heterocycles. The van der Waals surface area contributed by atoms with E-state index >= 15 is 0 Å². The minimum atomic E-state index is -0.754. The molecule has 4 aromatic rings. The van der Waals surface area contributed by atoms with Crippen LogP contribution < -0.4 is 5.32 Å². The highest BCUT2D eigenvalue weighted by Crippen LogP contribution is 2.29. The number of aromatic hydroxyl groups is 1. The van der Waals surface area contributed by atoms with Gasteiger partial charge in [0, 0.05) is 11.1 Å². The number of ether oxygens (including phenoxy) is 1. The van der Waals surface area contributed by atoms with Crippen LogP contribution in [0, 0.1) is 0 Å². The van der Waals surface area contributed by atoms with Gasteiger partial charge in [-0.25, -0.2) is 4.79 Å². The van der Waals surface area contributed by atoms with Gasteiger partial charge < -0.3 is 15.2 Å². The summed E-state index contributed by atoms with van der Waals surface area (Å²) in [6, 6.07) is 27.9. The lowest BCUT2D eigenvalue weighted by Gasteiger charge is -2.12. The van der Waals surface area contributed by atoms with Crippen LogP contribution in [0.25, 0.3) is 10.8 Å². The van der Waals surface area contributed by atoms with Crippen LogP contribution in [0.1, 0.15) is 21.5 Å². The number of fused-ring (bicyclic) bond motifs is 1. The second-order valence-corrected chi connectivity index (χ2v) is 7.13. The van der Waals surface area contributed by atoms with E-state index in [-0.39, 0.29) is 11.3 Å². The molecule has 0 saturated carbocycles. The first-order chi connectivity index (χ1) is 15.1. The summed E-state index contributed by atoms with van der Waals surface area (Å²) in [5, 5.41) is 14.6. The Morgan fingerprint density at radius 3 is 2.35 bits per heavy atom. The van der Waals surface area contributed by atoms with E-state index in [4.69, 9.17) is 4.74 Å². The molecule has 5 nitrogen and oxygen atoms in total. The van der Waals surface area contributed by atoms with Crippen LogP contribution in [0.5, 0.6) is 5.75 Å². The molecule has 1 amide bonds. The number of rotatable bonds is 6. The number of carbonyl (C=O) groups excluding carboxylic acids is 2. The molecular formula is C26H21NO4. The van der Waals surface area contributed by atoms with Gasteiger partial charge in [-0.05, 0) is 35.1 Å². The monoisotopic (exact) mass is 411 g/mol. The van der Waals surface area contributed by atoms with E-state index in [0.29, 0.717) is 17.5 Å². The lowest BCUT2D eigenvalue weighted by Crippen LogP contribution is -2.21. The van der Waals surface area contributed by atoms with Gasteiger partial charge in [0.1, 0.15) is 11.3 Å². The second kappa shape index (κ2) is 9.13. The first kappa shape index (κ1) is 20.2. The highest BCUT2D eigenvalue weighted by atomic mass is 16.5. The highest BCUT2D eigenvalue weighted by molar-refractivity contribution is 6.02. The van der Waals surface area contributed by atoms with Crippen LogP contribution in [-0.2, 0) is 16.0 Å². The molecule has 0 atom stereocenters. The lowest BCUT2D eigenvalue weighted by atomic mass is 10.0. The lowest BCUT2D eigenvalue weighted by molar-refractivity contribution is -0.119. The van der Waals surface area contributed by atoms with Crippen LogP contribution in [0.4, 0.5) is 5.69 Å². The molecular weight excluding hydrogens is 390 g/mol. The maximum Gasteiger partial charge on any atom is 0.342 e. The molecule has 0 spiro atoms. The van der Waals surface area contributed by atoms with Crippen molar-refractivity contribution in [1.29, 1.82) is 0 Å². The molecule has 0 aliphatic heterocycles. The first-order valence-electron chi connectivity index (χ1n) is 9.91. The van der Waals surface area contributed by atoms with Crippen molar-refractivity contribution in [3.8, 4) is 5.75 Å². The molecule has 0 unspecified atom stereocenters. The number of benzene rings is 4. The third-order valence-electron chi connectivity index (χ3n) is 4.98. The number of para-hydroxylation sites is 1. The molecule has 0 aromatic heterocycles. The van der Waals surface area contributed by atoms with Crippen LogP contribution in [-0.4, -0.2) is 23.6 Å². The SMILES string of the molecule is O=C(COC(=O)c1ccc2ccccc2c1O)Nc1ccccc1Cc1ccccc1. The number of phenolic OH excluding ortho intramolecular Hbond substituents is 1. The molecule has 0 aliphatic carbocycles. The Kier molecular flexibility index (Phi) is 5.94. The van der Waals surface area contributed by atoms with Crippen LogP contribution >= 0.6 is 0 Å². The molecule has 0 bridgehead atoms. The minimum absolute atomic E-state index is 0.0241. The average Bonchev–Trinajstić information content (AvgIpc) is 2.80. The average molecular weight is 411 g/mol. The van der Waals surface area contributed by atoms with E-state index in [1.54, 1.807) is 18.2 Å². The smallest absolute Gasteiger partial charge is 0.342 e. The normalized spacial score (nSPS) is 10.6. The number of hydrogen-bond donors (Lipinski definition) is 2. The van der Waals surface area contributed by atoms with Crippen molar-refractivity contribution in [2.24, 2.45) is 0 Å². The highest BCUT2D eigenvalue weighted by Gasteiger charge is 2.17. The Morgan fingerprint density at radius 1 is 0.806 bits per heavy atom. The second-order valence-electron chi connectivity index (χ2n) is 7.13. The summed E-state index contributed by atoms with van der Waals surface area (Å²) < 4.78 is 5.14. The standard InChI is InChI=1S/C26H21NO4/c28-24(27-23-13-7-5-11-20(23)16-18-8-2-1-3-9-18)17-31-26(30)22-15-14-19-10-4-6-12-21(19)25(22)29/h1-15,29H,16-17H2,(H,27,28). The van der Waals surface area contributed by atoms with E-state index in [9.17, 15) is 14.7 Å². The first-order valence-corrected chi connectivity index (χ1v) is 9.91. The van der Waals surface area contributed by atoms with Crippen molar-refractivity contribution in [1.82, 2.24) is 0 Å². The Bertz CT molecular complexity index is 1230. The van der Waals surface area contributed by atoms with Crippen LogP contribution in [0.2, 0.25) is 0 Å². The van der Waals surface area contributed by atoms with Crippen molar-refractivity contribution < 1.29 is 19.4 Å². The Morgan fingerprint density at radius 2 is 1.52 bits per heavy atom. The summed E-state index contributed by atoms with van der Waals surface area (Å²) in [4.78, 5) is 24.8. The van der Waals surface area contributed by atoms with E-state index in [1.807, 2.05) is 66.7 Å². The summed E-state index contributed by atoms with van der Waals surface area (Å²) in [5.41, 5.74) is 2.78. The van der Waals surface area contributed by atoms with E-state index in [1.165, 1.54) is 6.07 Å². The Hall–Kier alpha value is -4.12. The molecule has 0 heterocycles. The largest absolute Gasteiger partial charge is 0.506 e. The van der Waals surface area contributed by atoms with Crippen molar-refractivity contribution in [3.05, 3.63) is 108 Å². The number of phenols is 1. The van der Waals surface area contributed by atoms with Crippen molar-refractivity contribution in [2.75, 3.05) is 11.9 Å². The number of nitrogens with one attached hydrogen (secondary N) is 1. The summed E-state index contributed by atoms with van der Waals surface area (Å²) >= 11 is 0. The number of esters is 1. The maximum atomic E-state index is 12.4. The van der Waals surface area contributed by atoms with Crippen molar-refractivity contribution in [2.45, 2.75) is 6.42 Å². The predicted octanol–water partition coefficient (Wildman–Crippen LogP) is 4.93. The van der Waals surface area contributed by atoms with Gasteiger partial charge in [-0.15, -0.1) is 0 Å². The summed E-state index contributed by atoms with van der Waals surface area (Å²) in [5.74, 6) is -1.36. The van der Waals surface area contributed by atoms with E-state index in [2.05, 4.69) is 5.32 Å². The zero-order chi connectivity index (χ0) is 21.6. The summed E-state index contributed by atoms with van der Waals surface area (Å²) in [7, 11) is 0. The quantitative estimate of drug-likeness (QED) is 0.441. The minimum Gasteiger partial charge on any atom is -0.506 e. The fraction of sp³-hybridized carbons (Fsp3) is 0.0769. The van der Waals surface area contributed by atoms with Gasteiger partial charge in [0.2, 0.25) is 0 Å². The number of amides is 1. The van der Waals surface area contributed by atoms with E-state index in [0.717, 1.165) is 16.5 Å². The van der Waals surface area contributed by atoms with Gasteiger partial charge in [0.05, 0.1) is 0 Å².